The van der Waals surface area contributed by atoms with Crippen molar-refractivity contribution in [2.75, 3.05) is 26.3 Å². The van der Waals surface area contributed by atoms with Crippen LogP contribution >= 0.6 is 0 Å². The van der Waals surface area contributed by atoms with Gasteiger partial charge in [0, 0.05) is 36.8 Å². The van der Waals surface area contributed by atoms with Crippen molar-refractivity contribution in [1.29, 1.82) is 0 Å². The van der Waals surface area contributed by atoms with Crippen molar-refractivity contribution >= 4 is 35.4 Å². The summed E-state index contributed by atoms with van der Waals surface area (Å²) in [6, 6.07) is 19.9. The molecule has 3 aromatic rings. The summed E-state index contributed by atoms with van der Waals surface area (Å²) in [6.45, 7) is 2.05. The molecule has 0 aromatic heterocycles. The first-order valence-electron chi connectivity index (χ1n) is 12.4. The van der Waals surface area contributed by atoms with E-state index in [9.17, 15) is 18.8 Å². The van der Waals surface area contributed by atoms with Crippen molar-refractivity contribution in [3.05, 3.63) is 113 Å². The predicted molar refractivity (Wildman–Crippen MR) is 145 cm³/mol. The number of nitrogens with one attached hydrogen (secondary N) is 2. The molecule has 8 nitrogen and oxygen atoms in total. The fraction of sp³-hybridized carbons (Fsp3) is 0.167. The van der Waals surface area contributed by atoms with E-state index < -0.39 is 11.7 Å². The van der Waals surface area contributed by atoms with Crippen LogP contribution in [0.4, 0.5) is 4.39 Å². The van der Waals surface area contributed by atoms with Gasteiger partial charge in [-0.3, -0.25) is 19.6 Å². The zero-order valence-corrected chi connectivity index (χ0v) is 21.1. The van der Waals surface area contributed by atoms with Crippen LogP contribution in [0.5, 0.6) is 0 Å². The fourth-order valence-corrected chi connectivity index (χ4v) is 4.00. The molecule has 0 aliphatic carbocycles. The van der Waals surface area contributed by atoms with E-state index in [0.29, 0.717) is 31.9 Å². The number of hydrogen-bond donors (Lipinski definition) is 3. The van der Waals surface area contributed by atoms with Crippen LogP contribution < -0.4 is 10.8 Å². The number of carbonyl (C=O) groups is 3. The Morgan fingerprint density at radius 3 is 2.26 bits per heavy atom. The highest BCUT2D eigenvalue weighted by Crippen LogP contribution is 2.24. The van der Waals surface area contributed by atoms with Gasteiger partial charge in [-0.05, 0) is 47.0 Å². The molecule has 3 N–H and O–H groups in total. The van der Waals surface area contributed by atoms with Crippen LogP contribution in [0.3, 0.4) is 0 Å². The molecule has 9 heteroatoms. The van der Waals surface area contributed by atoms with E-state index in [-0.39, 0.29) is 29.5 Å². The topological polar surface area (TPSA) is 108 Å². The van der Waals surface area contributed by atoms with Gasteiger partial charge in [-0.2, -0.15) is 0 Å². The fourth-order valence-electron chi connectivity index (χ4n) is 4.00. The second-order valence-corrected chi connectivity index (χ2v) is 8.80. The third-order valence-corrected chi connectivity index (χ3v) is 6.15. The number of carbonyl (C=O) groups excluding carboxylic acids is 3. The first-order valence-corrected chi connectivity index (χ1v) is 12.4. The van der Waals surface area contributed by atoms with Crippen LogP contribution in [-0.2, 0) is 20.9 Å². The lowest BCUT2D eigenvalue weighted by Gasteiger charge is -2.28. The van der Waals surface area contributed by atoms with Gasteiger partial charge in [-0.15, -0.1) is 0 Å². The van der Waals surface area contributed by atoms with Crippen molar-refractivity contribution in [3.8, 4) is 0 Å². The van der Waals surface area contributed by atoms with Gasteiger partial charge in [-0.1, -0.05) is 54.6 Å². The van der Waals surface area contributed by atoms with Crippen LogP contribution in [0.25, 0.3) is 17.7 Å². The van der Waals surface area contributed by atoms with Gasteiger partial charge in [-0.25, -0.2) is 9.87 Å². The van der Waals surface area contributed by atoms with Gasteiger partial charge in [0.15, 0.2) is 0 Å². The Balaban J connectivity index is 1.42. The molecule has 3 aromatic carbocycles. The van der Waals surface area contributed by atoms with Crippen molar-refractivity contribution in [1.82, 2.24) is 15.7 Å². The number of nitrogens with zero attached hydrogens (tertiary/aromatic N) is 1. The third kappa shape index (κ3) is 7.47. The van der Waals surface area contributed by atoms with Gasteiger partial charge < -0.3 is 15.0 Å². The number of hydroxylamine groups is 1. The van der Waals surface area contributed by atoms with E-state index in [0.717, 1.165) is 16.7 Å². The molecule has 0 atom stereocenters. The lowest BCUT2D eigenvalue weighted by molar-refractivity contribution is -0.128. The molecule has 1 heterocycles. The zero-order chi connectivity index (χ0) is 27.6. The summed E-state index contributed by atoms with van der Waals surface area (Å²) >= 11 is 0. The summed E-state index contributed by atoms with van der Waals surface area (Å²) in [5.41, 5.74) is 4.65. The third-order valence-electron chi connectivity index (χ3n) is 6.15. The highest BCUT2D eigenvalue weighted by Gasteiger charge is 2.23. The summed E-state index contributed by atoms with van der Waals surface area (Å²) in [5.74, 6) is -1.63. The predicted octanol–water partition coefficient (Wildman–Crippen LogP) is 3.67. The van der Waals surface area contributed by atoms with Gasteiger partial charge in [0.2, 0.25) is 5.91 Å². The Morgan fingerprint density at radius 1 is 0.923 bits per heavy atom. The van der Waals surface area contributed by atoms with E-state index in [1.807, 2.05) is 0 Å². The molecule has 200 valence electrons. The molecule has 0 saturated carbocycles. The van der Waals surface area contributed by atoms with E-state index in [1.54, 1.807) is 89.3 Å². The quantitative estimate of drug-likeness (QED) is 0.179. The van der Waals surface area contributed by atoms with Crippen LogP contribution in [0.2, 0.25) is 0 Å². The van der Waals surface area contributed by atoms with Gasteiger partial charge in [0.05, 0.1) is 18.8 Å². The average molecular weight is 530 g/mol. The van der Waals surface area contributed by atoms with Gasteiger partial charge in [0.25, 0.3) is 11.8 Å². The molecule has 1 aliphatic rings. The molecular weight excluding hydrogens is 501 g/mol. The minimum absolute atomic E-state index is 0.237. The van der Waals surface area contributed by atoms with Gasteiger partial charge >= 0.3 is 0 Å². The molecule has 1 aliphatic heterocycles. The molecule has 0 radical (unpaired) electrons. The summed E-state index contributed by atoms with van der Waals surface area (Å²) in [4.78, 5) is 38.6. The van der Waals surface area contributed by atoms with Crippen molar-refractivity contribution in [2.45, 2.75) is 6.54 Å². The SMILES string of the molecule is O=C(C=Cc1ccc(C=C(C(=O)N2CCOCC2)c2ccccc2F)cc1)NCc1ccc(C(=O)NO)cc1. The lowest BCUT2D eigenvalue weighted by Crippen LogP contribution is -2.41. The average Bonchev–Trinajstić information content (AvgIpc) is 2.98. The number of hydrogen-bond acceptors (Lipinski definition) is 5. The number of morpholine rings is 1. The Hall–Kier alpha value is -4.60. The summed E-state index contributed by atoms with van der Waals surface area (Å²) in [6.07, 6.45) is 4.74. The summed E-state index contributed by atoms with van der Waals surface area (Å²) < 4.78 is 20.0. The number of amides is 3. The monoisotopic (exact) mass is 529 g/mol. The Morgan fingerprint density at radius 2 is 1.59 bits per heavy atom. The van der Waals surface area contributed by atoms with Crippen molar-refractivity contribution < 1.29 is 28.7 Å². The highest BCUT2D eigenvalue weighted by atomic mass is 19.1. The second kappa shape index (κ2) is 13.3. The molecule has 0 unspecified atom stereocenters. The molecule has 3 amide bonds. The zero-order valence-electron chi connectivity index (χ0n) is 21.1. The molecule has 1 fully saturated rings. The summed E-state index contributed by atoms with van der Waals surface area (Å²) in [5, 5.41) is 11.4. The molecule has 0 spiro atoms. The Labute approximate surface area is 225 Å². The minimum atomic E-state index is -0.609. The molecule has 4 rings (SSSR count). The van der Waals surface area contributed by atoms with Gasteiger partial charge in [0.1, 0.15) is 5.82 Å². The normalized spacial score (nSPS) is 13.8. The molecule has 1 saturated heterocycles. The number of halogens is 1. The highest BCUT2D eigenvalue weighted by molar-refractivity contribution is 6.24. The first kappa shape index (κ1) is 27.4. The smallest absolute Gasteiger partial charge is 0.274 e. The van der Waals surface area contributed by atoms with Crippen molar-refractivity contribution in [2.24, 2.45) is 0 Å². The van der Waals surface area contributed by atoms with Crippen LogP contribution in [-0.4, -0.2) is 54.1 Å². The van der Waals surface area contributed by atoms with Crippen LogP contribution in [0.15, 0.2) is 78.9 Å². The maximum absolute atomic E-state index is 14.6. The van der Waals surface area contributed by atoms with Crippen molar-refractivity contribution in [3.63, 3.8) is 0 Å². The Bertz CT molecular complexity index is 1380. The van der Waals surface area contributed by atoms with E-state index >= 15 is 0 Å². The minimum Gasteiger partial charge on any atom is -0.378 e. The maximum Gasteiger partial charge on any atom is 0.274 e. The Kier molecular flexibility index (Phi) is 9.34. The van der Waals surface area contributed by atoms with E-state index in [4.69, 9.17) is 9.94 Å². The summed E-state index contributed by atoms with van der Waals surface area (Å²) in [7, 11) is 0. The first-order chi connectivity index (χ1) is 18.9. The van der Waals surface area contributed by atoms with Crippen LogP contribution in [0.1, 0.15) is 32.6 Å². The standard InChI is InChI=1S/C30H28FN3O5/c31-27-4-2-1-3-25(27)26(30(37)34-15-17-39-18-16-34)19-22-7-5-21(6-8-22)11-14-28(35)32-20-23-9-12-24(13-10-23)29(36)33-38/h1-14,19,38H,15-18,20H2,(H,32,35)(H,33,36). The largest absolute Gasteiger partial charge is 0.378 e. The number of benzene rings is 3. The second-order valence-electron chi connectivity index (χ2n) is 8.80. The molecule has 39 heavy (non-hydrogen) atoms. The van der Waals surface area contributed by atoms with E-state index in [2.05, 4.69) is 5.32 Å². The maximum atomic E-state index is 14.6. The van der Waals surface area contributed by atoms with Crippen LogP contribution in [0, 0.1) is 5.82 Å². The number of ether oxygens (including phenoxy) is 1. The molecular formula is C30H28FN3O5. The lowest BCUT2D eigenvalue weighted by atomic mass is 10.00. The van der Waals surface area contributed by atoms with E-state index in [1.165, 1.54) is 12.1 Å². The molecule has 0 bridgehead atoms. The number of rotatable bonds is 8.